The van der Waals surface area contributed by atoms with Gasteiger partial charge in [0.2, 0.25) is 0 Å². The molecule has 0 bridgehead atoms. The van der Waals surface area contributed by atoms with Crippen molar-refractivity contribution in [1.29, 1.82) is 0 Å². The van der Waals surface area contributed by atoms with Gasteiger partial charge in [0.15, 0.2) is 0 Å². The summed E-state index contributed by atoms with van der Waals surface area (Å²) in [6.45, 7) is 0. The van der Waals surface area contributed by atoms with E-state index in [0.29, 0.717) is 0 Å². The van der Waals surface area contributed by atoms with Crippen molar-refractivity contribution in [1.82, 2.24) is 0 Å². The minimum atomic E-state index is -4.67. The van der Waals surface area contributed by atoms with Crippen molar-refractivity contribution in [2.75, 3.05) is 0 Å². The third-order valence-corrected chi connectivity index (χ3v) is 0. The largest absolute Gasteiger partial charge is 0.394 e. The van der Waals surface area contributed by atoms with Crippen molar-refractivity contribution in [3.63, 3.8) is 0 Å². The molecular formula is H2CdCoO4S. The van der Waals surface area contributed by atoms with E-state index in [-0.39, 0.29) is 44.1 Å². The van der Waals surface area contributed by atoms with Gasteiger partial charge in [0.1, 0.15) is 0 Å². The first-order valence-electron chi connectivity index (χ1n) is 0.698. The fourth-order valence-electron chi connectivity index (χ4n) is 0. The molecule has 0 aromatic carbocycles. The van der Waals surface area contributed by atoms with Crippen molar-refractivity contribution in [2.45, 2.75) is 0 Å². The van der Waals surface area contributed by atoms with E-state index in [1.165, 1.54) is 0 Å². The number of hydrogen-bond acceptors (Lipinski definition) is 2. The predicted molar refractivity (Wildman–Crippen MR) is 14.2 cm³/mol. The average molecular weight is 269 g/mol. The first-order valence-corrected chi connectivity index (χ1v) is 2.10. The molecule has 0 aliphatic carbocycles. The van der Waals surface area contributed by atoms with E-state index in [4.69, 9.17) is 17.5 Å². The number of rotatable bonds is 0. The molecule has 0 fully saturated rings. The fraction of sp³-hybridized carbons (Fsp3) is 0. The van der Waals surface area contributed by atoms with Gasteiger partial charge in [-0.1, -0.05) is 0 Å². The van der Waals surface area contributed by atoms with E-state index in [0.717, 1.165) is 0 Å². The van der Waals surface area contributed by atoms with E-state index in [9.17, 15) is 0 Å². The molecule has 0 saturated heterocycles. The molecule has 43 valence electrons. The quantitative estimate of drug-likeness (QED) is 0.452. The molecule has 2 N–H and O–H groups in total. The Hall–Kier alpha value is 1.30. The topological polar surface area (TPSA) is 74.6 Å². The standard InChI is InChI=1S/Cd.Co.H2O4S/c;;1-5(2,3)4/h;;(H2,1,2,3,4). The van der Waals surface area contributed by atoms with E-state index in [1.807, 2.05) is 0 Å². The normalized spacial score (nSPS) is 8.29. The monoisotopic (exact) mass is 271 g/mol. The van der Waals surface area contributed by atoms with Gasteiger partial charge in [0.05, 0.1) is 0 Å². The molecule has 1 radical (unpaired) electrons. The third kappa shape index (κ3) is 122. The molecule has 0 spiro atoms. The number of hydrogen-bond donors (Lipinski definition) is 2. The Morgan fingerprint density at radius 2 is 1.14 bits per heavy atom. The summed E-state index contributed by atoms with van der Waals surface area (Å²) in [7, 11) is -4.67. The first-order chi connectivity index (χ1) is 2.00. The van der Waals surface area contributed by atoms with E-state index in [2.05, 4.69) is 0 Å². The molecule has 0 saturated carbocycles. The maximum atomic E-state index is 8.74. The van der Waals surface area contributed by atoms with Gasteiger partial charge in [-0.05, 0) is 0 Å². The van der Waals surface area contributed by atoms with Crippen molar-refractivity contribution in [3.05, 3.63) is 0 Å². The summed E-state index contributed by atoms with van der Waals surface area (Å²) in [6, 6.07) is 0. The molecule has 0 rings (SSSR count). The van der Waals surface area contributed by atoms with Crippen LogP contribution in [0.2, 0.25) is 0 Å². The van der Waals surface area contributed by atoms with Crippen LogP contribution in [0.15, 0.2) is 0 Å². The second kappa shape index (κ2) is 5.44. The van der Waals surface area contributed by atoms with Crippen molar-refractivity contribution < 1.29 is 61.6 Å². The third-order valence-electron chi connectivity index (χ3n) is 0. The van der Waals surface area contributed by atoms with Gasteiger partial charge in [-0.15, -0.1) is 0 Å². The van der Waals surface area contributed by atoms with Crippen LogP contribution in [-0.4, -0.2) is 17.5 Å². The maximum Gasteiger partial charge on any atom is 0.394 e. The smallest absolute Gasteiger partial charge is 0.264 e. The van der Waals surface area contributed by atoms with Gasteiger partial charge >= 0.3 is 10.4 Å². The van der Waals surface area contributed by atoms with Gasteiger partial charge < -0.3 is 0 Å². The second-order valence-electron chi connectivity index (χ2n) is 0.448. The van der Waals surface area contributed by atoms with Crippen LogP contribution < -0.4 is 0 Å². The summed E-state index contributed by atoms with van der Waals surface area (Å²) >= 11 is 0. The minimum absolute atomic E-state index is 0. The molecular weight excluding hydrogens is 267 g/mol. The summed E-state index contributed by atoms with van der Waals surface area (Å²) < 4.78 is 31.6. The molecule has 0 unspecified atom stereocenters. The molecule has 7 heteroatoms. The van der Waals surface area contributed by atoms with Crippen LogP contribution in [0.5, 0.6) is 0 Å². The van der Waals surface area contributed by atoms with Crippen LogP contribution in [-0.2, 0) is 54.5 Å². The zero-order valence-corrected chi connectivity index (χ0v) is 9.05. The van der Waals surface area contributed by atoms with Crippen molar-refractivity contribution in [2.24, 2.45) is 0 Å². The van der Waals surface area contributed by atoms with Crippen LogP contribution in [0.1, 0.15) is 0 Å². The van der Waals surface area contributed by atoms with Crippen LogP contribution in [0, 0.1) is 0 Å². The molecule has 0 aromatic heterocycles. The summed E-state index contributed by atoms with van der Waals surface area (Å²) in [5, 5.41) is 0. The van der Waals surface area contributed by atoms with Crippen LogP contribution in [0.4, 0.5) is 0 Å². The van der Waals surface area contributed by atoms with Gasteiger partial charge in [-0.3, -0.25) is 9.11 Å². The predicted octanol–water partition coefficient (Wildman–Crippen LogP) is -0.658. The van der Waals surface area contributed by atoms with Crippen molar-refractivity contribution >= 4 is 10.4 Å². The maximum absolute atomic E-state index is 8.74. The molecule has 0 aromatic rings. The zero-order chi connectivity index (χ0) is 4.50. The Morgan fingerprint density at radius 1 is 1.14 bits per heavy atom. The first kappa shape index (κ1) is 15.7. The van der Waals surface area contributed by atoms with Crippen LogP contribution in [0.3, 0.4) is 0 Å². The Morgan fingerprint density at radius 3 is 1.14 bits per heavy atom. The Balaban J connectivity index is -0.0000000800. The Kier molecular flexibility index (Phi) is 12.2. The van der Waals surface area contributed by atoms with Gasteiger partial charge in [0, 0.05) is 44.1 Å². The molecule has 0 heterocycles. The minimum Gasteiger partial charge on any atom is -0.264 e. The average Bonchev–Trinajstić information content (AvgIpc) is 0.722. The molecule has 4 nitrogen and oxygen atoms in total. The zero-order valence-electron chi connectivity index (χ0n) is 3.16. The van der Waals surface area contributed by atoms with E-state index < -0.39 is 10.4 Å². The molecule has 7 heavy (non-hydrogen) atoms. The van der Waals surface area contributed by atoms with Gasteiger partial charge in [-0.2, -0.15) is 8.42 Å². The van der Waals surface area contributed by atoms with Crippen LogP contribution >= 0.6 is 0 Å². The summed E-state index contributed by atoms with van der Waals surface area (Å²) in [5.74, 6) is 0. The van der Waals surface area contributed by atoms with E-state index in [1.54, 1.807) is 0 Å². The van der Waals surface area contributed by atoms with Crippen molar-refractivity contribution in [3.8, 4) is 0 Å². The van der Waals surface area contributed by atoms with Crippen LogP contribution in [0.25, 0.3) is 0 Å². The molecule has 0 aliphatic rings. The van der Waals surface area contributed by atoms with E-state index >= 15 is 0 Å². The fourth-order valence-corrected chi connectivity index (χ4v) is 0. The summed E-state index contributed by atoms with van der Waals surface area (Å²) in [6.07, 6.45) is 0. The SMILES string of the molecule is O=S(=O)(O)O.[Cd].[Co]. The van der Waals surface area contributed by atoms with Gasteiger partial charge in [0.25, 0.3) is 0 Å². The second-order valence-corrected chi connectivity index (χ2v) is 1.34. The molecule has 0 atom stereocenters. The Bertz CT molecular complexity index is 94.9. The molecule has 0 amide bonds. The summed E-state index contributed by atoms with van der Waals surface area (Å²) in [5.41, 5.74) is 0. The Labute approximate surface area is 71.6 Å². The summed E-state index contributed by atoms with van der Waals surface area (Å²) in [4.78, 5) is 0. The van der Waals surface area contributed by atoms with Gasteiger partial charge in [-0.25, -0.2) is 0 Å². The molecule has 0 aliphatic heterocycles.